The van der Waals surface area contributed by atoms with Crippen molar-refractivity contribution in [2.24, 2.45) is 0 Å². The molecule has 3 rings (SSSR count). The van der Waals surface area contributed by atoms with Crippen molar-refractivity contribution in [3.05, 3.63) is 75.8 Å². The van der Waals surface area contributed by atoms with Gasteiger partial charge in [-0.3, -0.25) is 24.9 Å². The number of benzene rings is 2. The lowest BCUT2D eigenvalue weighted by atomic mass is 10.2. The van der Waals surface area contributed by atoms with E-state index in [0.29, 0.717) is 5.69 Å². The number of nitrogens with one attached hydrogen (secondary N) is 3. The van der Waals surface area contributed by atoms with E-state index in [9.17, 15) is 23.3 Å². The van der Waals surface area contributed by atoms with Crippen molar-refractivity contribution < 1.29 is 18.1 Å². The topological polar surface area (TPSA) is 143 Å². The number of amides is 1. The molecule has 13 heteroatoms. The van der Waals surface area contributed by atoms with E-state index in [1.54, 1.807) is 5.38 Å². The molecule has 3 aromatic rings. The largest absolute Gasteiger partial charge is 0.332 e. The van der Waals surface area contributed by atoms with E-state index >= 15 is 0 Å². The maximum Gasteiger partial charge on any atom is 0.270 e. The van der Waals surface area contributed by atoms with Gasteiger partial charge in [-0.2, -0.15) is 0 Å². The van der Waals surface area contributed by atoms with Crippen molar-refractivity contribution in [3.8, 4) is 0 Å². The molecule has 1 aromatic heterocycles. The summed E-state index contributed by atoms with van der Waals surface area (Å²) in [5.74, 6) is -0.622. The van der Waals surface area contributed by atoms with Gasteiger partial charge < -0.3 is 5.32 Å². The minimum Gasteiger partial charge on any atom is -0.332 e. The fourth-order valence-corrected chi connectivity index (χ4v) is 4.26. The molecule has 154 valence electrons. The van der Waals surface area contributed by atoms with Crippen LogP contribution in [0.25, 0.3) is 0 Å². The van der Waals surface area contributed by atoms with Crippen LogP contribution in [-0.4, -0.2) is 29.3 Å². The molecule has 30 heavy (non-hydrogen) atoms. The molecule has 0 fully saturated rings. The van der Waals surface area contributed by atoms with Crippen LogP contribution < -0.4 is 15.4 Å². The number of nitrogens with zero attached hydrogens (tertiary/aromatic N) is 2. The Morgan fingerprint density at radius 2 is 1.90 bits per heavy atom. The summed E-state index contributed by atoms with van der Waals surface area (Å²) in [5.41, 5.74) is 0.292. The normalized spacial score (nSPS) is 10.8. The van der Waals surface area contributed by atoms with Crippen LogP contribution in [0.1, 0.15) is 10.4 Å². The van der Waals surface area contributed by atoms with E-state index in [2.05, 4.69) is 20.3 Å². The first-order chi connectivity index (χ1) is 14.2. The Morgan fingerprint density at radius 3 is 2.53 bits per heavy atom. The van der Waals surface area contributed by atoms with Gasteiger partial charge in [-0.15, -0.1) is 11.3 Å². The third kappa shape index (κ3) is 5.34. The molecule has 2 aromatic carbocycles. The molecule has 0 aliphatic carbocycles. The van der Waals surface area contributed by atoms with Crippen LogP contribution >= 0.6 is 23.6 Å². The predicted octanol–water partition coefficient (Wildman–Crippen LogP) is 2.98. The van der Waals surface area contributed by atoms with Gasteiger partial charge in [0.15, 0.2) is 10.2 Å². The number of hydrogen-bond donors (Lipinski definition) is 3. The summed E-state index contributed by atoms with van der Waals surface area (Å²) in [6.45, 7) is 0. The molecule has 0 aliphatic rings. The molecule has 0 atom stereocenters. The van der Waals surface area contributed by atoms with E-state index in [1.165, 1.54) is 48.7 Å². The summed E-state index contributed by atoms with van der Waals surface area (Å²) in [6.07, 6.45) is 1.48. The SMILES string of the molecule is O=C(NC(=S)Nc1ccc(S(=O)(=O)Nc2nccs2)cc1)c1cccc([N+](=O)[O-])c1. The van der Waals surface area contributed by atoms with Crippen LogP contribution in [0.3, 0.4) is 0 Å². The van der Waals surface area contributed by atoms with Gasteiger partial charge in [0.2, 0.25) is 0 Å². The van der Waals surface area contributed by atoms with Crippen LogP contribution in [0.5, 0.6) is 0 Å². The van der Waals surface area contributed by atoms with E-state index in [4.69, 9.17) is 12.2 Å². The number of aromatic nitrogens is 1. The molecule has 0 saturated heterocycles. The average Bonchev–Trinajstić information content (AvgIpc) is 3.20. The van der Waals surface area contributed by atoms with Crippen LogP contribution in [0.4, 0.5) is 16.5 Å². The Labute approximate surface area is 180 Å². The Hall–Kier alpha value is -3.42. The molecule has 0 aliphatic heterocycles. The smallest absolute Gasteiger partial charge is 0.270 e. The van der Waals surface area contributed by atoms with Crippen molar-refractivity contribution in [1.29, 1.82) is 0 Å². The molecule has 0 saturated carbocycles. The quantitative estimate of drug-likeness (QED) is 0.288. The number of non-ortho nitro benzene ring substituents is 1. The molecular formula is C17H13N5O5S3. The second-order valence-electron chi connectivity index (χ2n) is 5.68. The zero-order valence-corrected chi connectivity index (χ0v) is 17.4. The highest BCUT2D eigenvalue weighted by molar-refractivity contribution is 7.93. The number of sulfonamides is 1. The molecule has 10 nitrogen and oxygen atoms in total. The van der Waals surface area contributed by atoms with Gasteiger partial charge >= 0.3 is 0 Å². The zero-order chi connectivity index (χ0) is 21.7. The van der Waals surface area contributed by atoms with Crippen molar-refractivity contribution in [3.63, 3.8) is 0 Å². The fourth-order valence-electron chi connectivity index (χ4n) is 2.26. The van der Waals surface area contributed by atoms with Gasteiger partial charge in [0, 0.05) is 35.0 Å². The number of thiazole rings is 1. The summed E-state index contributed by atoms with van der Waals surface area (Å²) in [4.78, 5) is 26.3. The number of rotatable bonds is 6. The van der Waals surface area contributed by atoms with E-state index in [1.807, 2.05) is 0 Å². The first kappa shape index (κ1) is 21.3. The van der Waals surface area contributed by atoms with Gasteiger partial charge in [0.1, 0.15) is 0 Å². The highest BCUT2D eigenvalue weighted by atomic mass is 32.2. The number of nitro groups is 1. The molecule has 1 heterocycles. The highest BCUT2D eigenvalue weighted by Gasteiger charge is 2.16. The summed E-state index contributed by atoms with van der Waals surface area (Å²) in [5, 5.41) is 17.8. The molecule has 0 spiro atoms. The van der Waals surface area contributed by atoms with Crippen molar-refractivity contribution in [2.45, 2.75) is 4.90 Å². The summed E-state index contributed by atoms with van der Waals surface area (Å²) in [7, 11) is -3.78. The van der Waals surface area contributed by atoms with E-state index < -0.39 is 20.9 Å². The standard InChI is InChI=1S/C17H13N5O5S3/c23-15(11-2-1-3-13(10-11)22(24)25)20-16(28)19-12-4-6-14(7-5-12)30(26,27)21-17-18-8-9-29-17/h1-10H,(H,18,21)(H2,19,20,23,28). The van der Waals surface area contributed by atoms with Crippen LogP contribution in [0.15, 0.2) is 65.0 Å². The summed E-state index contributed by atoms with van der Waals surface area (Å²) >= 11 is 6.22. The van der Waals surface area contributed by atoms with Gasteiger partial charge in [0.05, 0.1) is 9.82 Å². The maximum atomic E-state index is 12.3. The molecular weight excluding hydrogens is 450 g/mol. The number of anilines is 2. The Bertz CT molecular complexity index is 1190. The predicted molar refractivity (Wildman–Crippen MR) is 116 cm³/mol. The number of thiocarbonyl (C=S) groups is 1. The number of hydrogen-bond acceptors (Lipinski definition) is 8. The van der Waals surface area contributed by atoms with Crippen molar-refractivity contribution >= 4 is 61.1 Å². The molecule has 0 unspecified atom stereocenters. The number of nitro benzene ring substituents is 1. The highest BCUT2D eigenvalue weighted by Crippen LogP contribution is 2.19. The second kappa shape index (κ2) is 8.94. The van der Waals surface area contributed by atoms with Gasteiger partial charge in [-0.1, -0.05) is 6.07 Å². The Balaban J connectivity index is 1.62. The van der Waals surface area contributed by atoms with Crippen molar-refractivity contribution in [2.75, 3.05) is 10.0 Å². The fraction of sp³-hybridized carbons (Fsp3) is 0. The molecule has 0 bridgehead atoms. The molecule has 3 N–H and O–H groups in total. The number of carbonyl (C=O) groups excluding carboxylic acids is 1. The Morgan fingerprint density at radius 1 is 1.17 bits per heavy atom. The zero-order valence-electron chi connectivity index (χ0n) is 14.9. The van der Waals surface area contributed by atoms with E-state index in [-0.39, 0.29) is 26.4 Å². The van der Waals surface area contributed by atoms with E-state index in [0.717, 1.165) is 17.4 Å². The maximum absolute atomic E-state index is 12.3. The number of carbonyl (C=O) groups is 1. The van der Waals surface area contributed by atoms with Crippen molar-refractivity contribution in [1.82, 2.24) is 10.3 Å². The molecule has 0 radical (unpaired) electrons. The summed E-state index contributed by atoms with van der Waals surface area (Å²) in [6, 6.07) is 10.9. The lowest BCUT2D eigenvalue weighted by Crippen LogP contribution is -2.34. The van der Waals surface area contributed by atoms with Crippen LogP contribution in [-0.2, 0) is 10.0 Å². The first-order valence-corrected chi connectivity index (χ1v) is 10.9. The first-order valence-electron chi connectivity index (χ1n) is 8.14. The summed E-state index contributed by atoms with van der Waals surface area (Å²) < 4.78 is 27.0. The minimum atomic E-state index is -3.78. The second-order valence-corrected chi connectivity index (χ2v) is 8.67. The third-order valence-electron chi connectivity index (χ3n) is 3.62. The van der Waals surface area contributed by atoms with Gasteiger partial charge in [-0.25, -0.2) is 13.4 Å². The third-order valence-corrected chi connectivity index (χ3v) is 6.00. The van der Waals surface area contributed by atoms with Crippen LogP contribution in [0, 0.1) is 10.1 Å². The van der Waals surface area contributed by atoms with Gasteiger partial charge in [-0.05, 0) is 42.5 Å². The Kier molecular flexibility index (Phi) is 6.34. The van der Waals surface area contributed by atoms with Gasteiger partial charge in [0.25, 0.3) is 21.6 Å². The molecule has 1 amide bonds. The lowest BCUT2D eigenvalue weighted by molar-refractivity contribution is -0.384. The lowest BCUT2D eigenvalue weighted by Gasteiger charge is -2.10. The van der Waals surface area contributed by atoms with Crippen LogP contribution in [0.2, 0.25) is 0 Å². The monoisotopic (exact) mass is 463 g/mol. The minimum absolute atomic E-state index is 0.0230. The average molecular weight is 464 g/mol.